The van der Waals surface area contributed by atoms with Crippen LogP contribution in [0, 0.1) is 16.7 Å². The van der Waals surface area contributed by atoms with Gasteiger partial charge in [-0.1, -0.05) is 27.7 Å². The van der Waals surface area contributed by atoms with Gasteiger partial charge < -0.3 is 11.1 Å². The summed E-state index contributed by atoms with van der Waals surface area (Å²) in [7, 11) is 0. The van der Waals surface area contributed by atoms with Gasteiger partial charge >= 0.3 is 0 Å². The van der Waals surface area contributed by atoms with Crippen LogP contribution in [0.2, 0.25) is 0 Å². The zero-order chi connectivity index (χ0) is 11.7. The van der Waals surface area contributed by atoms with Crippen LogP contribution in [0.4, 0.5) is 0 Å². The number of hydrogen-bond acceptors (Lipinski definition) is 2. The monoisotopic (exact) mass is 212 g/mol. The quantitative estimate of drug-likeness (QED) is 0.726. The summed E-state index contributed by atoms with van der Waals surface area (Å²) in [5.41, 5.74) is 5.86. The second-order valence-electron chi connectivity index (χ2n) is 6.17. The van der Waals surface area contributed by atoms with Crippen molar-refractivity contribution in [1.82, 2.24) is 5.32 Å². The lowest BCUT2D eigenvalue weighted by Gasteiger charge is -2.24. The van der Waals surface area contributed by atoms with Gasteiger partial charge in [-0.05, 0) is 30.2 Å². The van der Waals surface area contributed by atoms with E-state index in [0.717, 1.165) is 19.4 Å². The topological polar surface area (TPSA) is 55.1 Å². The summed E-state index contributed by atoms with van der Waals surface area (Å²) >= 11 is 0. The Bertz CT molecular complexity index is 246. The molecule has 0 aromatic carbocycles. The van der Waals surface area contributed by atoms with Crippen LogP contribution in [-0.2, 0) is 4.79 Å². The number of nitrogens with two attached hydrogens (primary N) is 1. The Morgan fingerprint density at radius 3 is 2.47 bits per heavy atom. The summed E-state index contributed by atoms with van der Waals surface area (Å²) < 4.78 is 0. The van der Waals surface area contributed by atoms with Crippen molar-refractivity contribution in [2.45, 2.75) is 40.5 Å². The molecule has 3 heteroatoms. The van der Waals surface area contributed by atoms with E-state index in [-0.39, 0.29) is 22.7 Å². The van der Waals surface area contributed by atoms with E-state index < -0.39 is 0 Å². The van der Waals surface area contributed by atoms with E-state index in [9.17, 15) is 4.79 Å². The van der Waals surface area contributed by atoms with Crippen LogP contribution < -0.4 is 11.1 Å². The second-order valence-corrected chi connectivity index (χ2v) is 6.17. The molecule has 1 unspecified atom stereocenters. The Kier molecular flexibility index (Phi) is 3.44. The van der Waals surface area contributed by atoms with Crippen molar-refractivity contribution in [3.63, 3.8) is 0 Å². The Morgan fingerprint density at radius 2 is 2.07 bits per heavy atom. The zero-order valence-electron chi connectivity index (χ0n) is 10.4. The van der Waals surface area contributed by atoms with Gasteiger partial charge in [-0.2, -0.15) is 0 Å². The molecule has 0 aromatic rings. The predicted octanol–water partition coefficient (Wildman–Crippen LogP) is 1.52. The molecule has 3 N–H and O–H groups in total. The lowest BCUT2D eigenvalue weighted by atomic mass is 9.89. The van der Waals surface area contributed by atoms with Gasteiger partial charge in [0.05, 0.1) is 0 Å². The molecule has 1 saturated carbocycles. The highest BCUT2D eigenvalue weighted by atomic mass is 16.2. The molecule has 1 atom stereocenters. The first kappa shape index (κ1) is 12.5. The third-order valence-corrected chi connectivity index (χ3v) is 3.39. The lowest BCUT2D eigenvalue weighted by molar-refractivity contribution is -0.123. The van der Waals surface area contributed by atoms with Gasteiger partial charge in [-0.3, -0.25) is 4.79 Å². The second kappa shape index (κ2) is 4.12. The summed E-state index contributed by atoms with van der Waals surface area (Å²) in [4.78, 5) is 11.7. The molecule has 1 aliphatic carbocycles. The predicted molar refractivity (Wildman–Crippen MR) is 62.4 cm³/mol. The average Bonchev–Trinajstić information content (AvgIpc) is 2.71. The minimum Gasteiger partial charge on any atom is -0.355 e. The van der Waals surface area contributed by atoms with Crippen molar-refractivity contribution in [3.05, 3.63) is 0 Å². The molecule has 0 radical (unpaired) electrons. The fourth-order valence-electron chi connectivity index (χ4n) is 1.84. The maximum absolute atomic E-state index is 11.7. The van der Waals surface area contributed by atoms with Crippen LogP contribution in [-0.4, -0.2) is 19.0 Å². The van der Waals surface area contributed by atoms with Crippen LogP contribution in [0.15, 0.2) is 0 Å². The van der Waals surface area contributed by atoms with Crippen molar-refractivity contribution in [1.29, 1.82) is 0 Å². The van der Waals surface area contributed by atoms with Crippen molar-refractivity contribution < 1.29 is 4.79 Å². The SMILES string of the molecule is CC(C)(CCN)CNC(=O)C1CC1(C)C. The van der Waals surface area contributed by atoms with Crippen LogP contribution in [0.5, 0.6) is 0 Å². The number of nitrogens with one attached hydrogen (secondary N) is 1. The number of rotatable bonds is 5. The number of carbonyl (C=O) groups excluding carboxylic acids is 1. The Morgan fingerprint density at radius 1 is 1.53 bits per heavy atom. The molecule has 0 aliphatic heterocycles. The summed E-state index contributed by atoms with van der Waals surface area (Å²) in [6.45, 7) is 9.97. The molecule has 1 amide bonds. The van der Waals surface area contributed by atoms with E-state index in [1.807, 2.05) is 0 Å². The average molecular weight is 212 g/mol. The lowest BCUT2D eigenvalue weighted by Crippen LogP contribution is -2.36. The first-order valence-corrected chi connectivity index (χ1v) is 5.76. The maximum Gasteiger partial charge on any atom is 0.223 e. The van der Waals surface area contributed by atoms with E-state index in [0.29, 0.717) is 6.54 Å². The summed E-state index contributed by atoms with van der Waals surface area (Å²) in [6, 6.07) is 0. The third kappa shape index (κ3) is 3.49. The molecule has 88 valence electrons. The molecule has 15 heavy (non-hydrogen) atoms. The number of amides is 1. The van der Waals surface area contributed by atoms with Gasteiger partial charge in [0.25, 0.3) is 0 Å². The van der Waals surface area contributed by atoms with E-state index in [4.69, 9.17) is 5.73 Å². The van der Waals surface area contributed by atoms with Gasteiger partial charge in [0.15, 0.2) is 0 Å². The summed E-state index contributed by atoms with van der Waals surface area (Å²) in [5.74, 6) is 0.441. The smallest absolute Gasteiger partial charge is 0.223 e. The Hall–Kier alpha value is -0.570. The van der Waals surface area contributed by atoms with Gasteiger partial charge in [-0.15, -0.1) is 0 Å². The molecule has 1 aliphatic rings. The van der Waals surface area contributed by atoms with Crippen LogP contribution >= 0.6 is 0 Å². The number of carbonyl (C=O) groups is 1. The molecular formula is C12H24N2O. The molecule has 0 aromatic heterocycles. The van der Waals surface area contributed by atoms with Crippen LogP contribution in [0.3, 0.4) is 0 Å². The largest absolute Gasteiger partial charge is 0.355 e. The molecule has 1 rings (SSSR count). The van der Waals surface area contributed by atoms with E-state index in [1.165, 1.54) is 0 Å². The normalized spacial score (nSPS) is 23.7. The molecule has 0 saturated heterocycles. The van der Waals surface area contributed by atoms with Crippen molar-refractivity contribution in [3.8, 4) is 0 Å². The Labute approximate surface area is 92.8 Å². The molecule has 1 fully saturated rings. The Balaban J connectivity index is 2.29. The zero-order valence-corrected chi connectivity index (χ0v) is 10.4. The van der Waals surface area contributed by atoms with Gasteiger partial charge in [0.2, 0.25) is 5.91 Å². The molecule has 0 heterocycles. The highest BCUT2D eigenvalue weighted by Gasteiger charge is 2.50. The molecule has 0 spiro atoms. The molecular weight excluding hydrogens is 188 g/mol. The van der Waals surface area contributed by atoms with Crippen LogP contribution in [0.25, 0.3) is 0 Å². The van der Waals surface area contributed by atoms with Crippen LogP contribution in [0.1, 0.15) is 40.5 Å². The highest BCUT2D eigenvalue weighted by molar-refractivity contribution is 5.82. The minimum atomic E-state index is 0.115. The minimum absolute atomic E-state index is 0.115. The summed E-state index contributed by atoms with van der Waals surface area (Å²) in [6.07, 6.45) is 1.97. The van der Waals surface area contributed by atoms with Gasteiger partial charge in [-0.25, -0.2) is 0 Å². The standard InChI is InChI=1S/C12H24N2O/c1-11(2,5-6-13)8-14-10(15)9-7-12(9,3)4/h9H,5-8,13H2,1-4H3,(H,14,15). The third-order valence-electron chi connectivity index (χ3n) is 3.39. The van der Waals surface area contributed by atoms with Crippen molar-refractivity contribution in [2.75, 3.05) is 13.1 Å². The van der Waals surface area contributed by atoms with E-state index in [2.05, 4.69) is 33.0 Å². The first-order valence-electron chi connectivity index (χ1n) is 5.76. The van der Waals surface area contributed by atoms with Crippen molar-refractivity contribution >= 4 is 5.91 Å². The van der Waals surface area contributed by atoms with E-state index in [1.54, 1.807) is 0 Å². The number of hydrogen-bond donors (Lipinski definition) is 2. The first-order chi connectivity index (χ1) is 6.78. The van der Waals surface area contributed by atoms with Gasteiger partial charge in [0.1, 0.15) is 0 Å². The fourth-order valence-corrected chi connectivity index (χ4v) is 1.84. The van der Waals surface area contributed by atoms with E-state index >= 15 is 0 Å². The maximum atomic E-state index is 11.7. The summed E-state index contributed by atoms with van der Waals surface area (Å²) in [5, 5.41) is 3.03. The van der Waals surface area contributed by atoms with Crippen molar-refractivity contribution in [2.24, 2.45) is 22.5 Å². The molecule has 0 bridgehead atoms. The fraction of sp³-hybridized carbons (Fsp3) is 0.917. The molecule has 3 nitrogen and oxygen atoms in total. The highest BCUT2D eigenvalue weighted by Crippen LogP contribution is 2.51. The van der Waals surface area contributed by atoms with Gasteiger partial charge in [0, 0.05) is 12.5 Å².